The summed E-state index contributed by atoms with van der Waals surface area (Å²) >= 11 is 0. The highest BCUT2D eigenvalue weighted by atomic mass is 16.1. The number of carbonyl (C=O) groups excluding carboxylic acids is 1. The van der Waals surface area contributed by atoms with E-state index in [2.05, 4.69) is 46.7 Å². The van der Waals surface area contributed by atoms with E-state index in [4.69, 9.17) is 5.73 Å². The summed E-state index contributed by atoms with van der Waals surface area (Å²) in [6.45, 7) is 8.92. The van der Waals surface area contributed by atoms with Gasteiger partial charge < -0.3 is 10.6 Å². The summed E-state index contributed by atoms with van der Waals surface area (Å²) in [5.74, 6) is -0.184. The Bertz CT molecular complexity index is 427. The van der Waals surface area contributed by atoms with Crippen LogP contribution in [-0.4, -0.2) is 30.9 Å². The molecule has 0 aliphatic heterocycles. The fraction of sp³-hybridized carbons (Fsp3) is 0.966. The Morgan fingerprint density at radius 2 is 0.969 bits per heavy atom. The minimum Gasteiger partial charge on any atom is -0.369 e. The van der Waals surface area contributed by atoms with Gasteiger partial charge in [-0.3, -0.25) is 4.79 Å². The maximum Gasteiger partial charge on any atom is 0.222 e. The SMILES string of the molecule is CCCCCCCCCCCCCCCCCCCCC(C(N)=O)C(N(C)C)C(C)(C)C. The van der Waals surface area contributed by atoms with Crippen molar-refractivity contribution in [3.63, 3.8) is 0 Å². The van der Waals surface area contributed by atoms with Crippen LogP contribution < -0.4 is 5.73 Å². The maximum absolute atomic E-state index is 12.1. The van der Waals surface area contributed by atoms with Gasteiger partial charge in [0.25, 0.3) is 0 Å². The number of hydrogen-bond donors (Lipinski definition) is 1. The van der Waals surface area contributed by atoms with E-state index < -0.39 is 0 Å². The highest BCUT2D eigenvalue weighted by molar-refractivity contribution is 5.77. The second-order valence-corrected chi connectivity index (χ2v) is 11.6. The molecule has 0 aromatic carbocycles. The standard InChI is InChI=1S/C29H60N2O/c1-7-8-9-10-11-12-13-14-15-16-17-18-19-20-21-22-23-24-25-26(28(30)32)27(31(5)6)29(2,3)4/h26-27H,7-25H2,1-6H3,(H2,30,32). The lowest BCUT2D eigenvalue weighted by Crippen LogP contribution is -2.49. The second kappa shape index (κ2) is 19.9. The van der Waals surface area contributed by atoms with Crippen molar-refractivity contribution in [3.8, 4) is 0 Å². The molecule has 0 aliphatic carbocycles. The number of nitrogens with zero attached hydrogens (tertiary/aromatic N) is 1. The summed E-state index contributed by atoms with van der Waals surface area (Å²) in [6, 6.07) is 0.200. The second-order valence-electron chi connectivity index (χ2n) is 11.6. The Morgan fingerprint density at radius 3 is 1.22 bits per heavy atom. The molecule has 0 aliphatic rings. The fourth-order valence-electron chi connectivity index (χ4n) is 5.46. The monoisotopic (exact) mass is 452 g/mol. The molecule has 0 bridgehead atoms. The number of carbonyl (C=O) groups is 1. The van der Waals surface area contributed by atoms with Crippen LogP contribution in [0.2, 0.25) is 0 Å². The van der Waals surface area contributed by atoms with Crippen LogP contribution in [0.4, 0.5) is 0 Å². The number of hydrogen-bond acceptors (Lipinski definition) is 2. The zero-order chi connectivity index (χ0) is 24.2. The van der Waals surface area contributed by atoms with Crippen molar-refractivity contribution in [3.05, 3.63) is 0 Å². The molecule has 32 heavy (non-hydrogen) atoms. The lowest BCUT2D eigenvalue weighted by Gasteiger charge is -2.40. The smallest absolute Gasteiger partial charge is 0.222 e. The van der Waals surface area contributed by atoms with Gasteiger partial charge in [0.15, 0.2) is 0 Å². The van der Waals surface area contributed by atoms with E-state index in [0.717, 1.165) is 12.8 Å². The molecule has 192 valence electrons. The third-order valence-corrected chi connectivity index (χ3v) is 7.06. The van der Waals surface area contributed by atoms with Crippen molar-refractivity contribution in [2.45, 2.75) is 156 Å². The van der Waals surface area contributed by atoms with Crippen LogP contribution in [0.25, 0.3) is 0 Å². The first-order chi connectivity index (χ1) is 15.2. The van der Waals surface area contributed by atoms with Gasteiger partial charge in [0.2, 0.25) is 5.91 Å². The quantitative estimate of drug-likeness (QED) is 0.167. The van der Waals surface area contributed by atoms with Crippen molar-refractivity contribution < 1.29 is 4.79 Å². The molecule has 0 heterocycles. The molecule has 0 spiro atoms. The van der Waals surface area contributed by atoms with Crippen molar-refractivity contribution in [1.82, 2.24) is 4.90 Å². The van der Waals surface area contributed by atoms with E-state index in [1.54, 1.807) is 0 Å². The van der Waals surface area contributed by atoms with Gasteiger partial charge in [-0.15, -0.1) is 0 Å². The first kappa shape index (κ1) is 31.4. The van der Waals surface area contributed by atoms with Crippen LogP contribution in [0.5, 0.6) is 0 Å². The van der Waals surface area contributed by atoms with Crippen molar-refractivity contribution in [2.75, 3.05) is 14.1 Å². The van der Waals surface area contributed by atoms with Crippen molar-refractivity contribution >= 4 is 5.91 Å². The largest absolute Gasteiger partial charge is 0.369 e. The molecule has 0 fully saturated rings. The minimum absolute atomic E-state index is 0.0499. The number of primary amides is 1. The minimum atomic E-state index is -0.134. The molecule has 0 aromatic heterocycles. The van der Waals surface area contributed by atoms with E-state index in [1.165, 1.54) is 109 Å². The van der Waals surface area contributed by atoms with Gasteiger partial charge >= 0.3 is 0 Å². The fourth-order valence-corrected chi connectivity index (χ4v) is 5.46. The average molecular weight is 453 g/mol. The van der Waals surface area contributed by atoms with Crippen LogP contribution >= 0.6 is 0 Å². The summed E-state index contributed by atoms with van der Waals surface area (Å²) in [5, 5.41) is 0. The molecule has 0 saturated carbocycles. The van der Waals surface area contributed by atoms with E-state index in [1.807, 2.05) is 0 Å². The first-order valence-corrected chi connectivity index (χ1v) is 14.2. The molecule has 1 amide bonds. The van der Waals surface area contributed by atoms with Gasteiger partial charge in [-0.25, -0.2) is 0 Å². The summed E-state index contributed by atoms with van der Waals surface area (Å²) in [5.41, 5.74) is 5.84. The zero-order valence-electron chi connectivity index (χ0n) is 23.0. The lowest BCUT2D eigenvalue weighted by molar-refractivity contribution is -0.125. The van der Waals surface area contributed by atoms with Gasteiger partial charge in [-0.1, -0.05) is 143 Å². The highest BCUT2D eigenvalue weighted by Gasteiger charge is 2.36. The average Bonchev–Trinajstić information content (AvgIpc) is 2.70. The molecule has 0 aromatic rings. The van der Waals surface area contributed by atoms with Crippen LogP contribution in [0, 0.1) is 11.3 Å². The Morgan fingerprint density at radius 1 is 0.656 bits per heavy atom. The molecule has 2 atom stereocenters. The Labute approximate surface area is 202 Å². The number of amides is 1. The molecule has 0 saturated heterocycles. The van der Waals surface area contributed by atoms with Gasteiger partial charge in [-0.05, 0) is 25.9 Å². The molecule has 3 nitrogen and oxygen atoms in total. The Balaban J connectivity index is 3.61. The van der Waals surface area contributed by atoms with E-state index >= 15 is 0 Å². The van der Waals surface area contributed by atoms with Crippen LogP contribution in [0.1, 0.15) is 150 Å². The molecule has 0 rings (SSSR count). The van der Waals surface area contributed by atoms with Gasteiger partial charge in [0.1, 0.15) is 0 Å². The normalized spacial score (nSPS) is 14.1. The maximum atomic E-state index is 12.1. The van der Waals surface area contributed by atoms with Crippen LogP contribution in [0.3, 0.4) is 0 Å². The lowest BCUT2D eigenvalue weighted by atomic mass is 9.76. The number of rotatable bonds is 22. The highest BCUT2D eigenvalue weighted by Crippen LogP contribution is 2.31. The van der Waals surface area contributed by atoms with E-state index in [0.29, 0.717) is 0 Å². The number of unbranched alkanes of at least 4 members (excludes halogenated alkanes) is 17. The summed E-state index contributed by atoms with van der Waals surface area (Å²) in [4.78, 5) is 14.3. The third kappa shape index (κ3) is 17.0. The summed E-state index contributed by atoms with van der Waals surface area (Å²) < 4.78 is 0. The molecular formula is C29H60N2O. The number of nitrogens with two attached hydrogens (primary N) is 1. The molecular weight excluding hydrogens is 392 g/mol. The molecule has 3 heteroatoms. The third-order valence-electron chi connectivity index (χ3n) is 7.06. The van der Waals surface area contributed by atoms with E-state index in [-0.39, 0.29) is 23.3 Å². The van der Waals surface area contributed by atoms with Crippen molar-refractivity contribution in [2.24, 2.45) is 17.1 Å². The van der Waals surface area contributed by atoms with Gasteiger partial charge in [0.05, 0.1) is 5.92 Å². The van der Waals surface area contributed by atoms with E-state index in [9.17, 15) is 4.79 Å². The predicted octanol–water partition coefficient (Wildman–Crippen LogP) is 8.50. The summed E-state index contributed by atoms with van der Waals surface area (Å²) in [7, 11) is 4.14. The Hall–Kier alpha value is -0.570. The van der Waals surface area contributed by atoms with Crippen LogP contribution in [-0.2, 0) is 4.79 Å². The van der Waals surface area contributed by atoms with Crippen molar-refractivity contribution in [1.29, 1.82) is 0 Å². The van der Waals surface area contributed by atoms with Gasteiger partial charge in [-0.2, -0.15) is 0 Å². The topological polar surface area (TPSA) is 46.3 Å². The first-order valence-electron chi connectivity index (χ1n) is 14.2. The summed E-state index contributed by atoms with van der Waals surface area (Å²) in [6.07, 6.45) is 25.9. The molecule has 2 unspecified atom stereocenters. The molecule has 0 radical (unpaired) electrons. The molecule has 2 N–H and O–H groups in total. The van der Waals surface area contributed by atoms with Gasteiger partial charge in [0, 0.05) is 6.04 Å². The predicted molar refractivity (Wildman–Crippen MR) is 143 cm³/mol. The zero-order valence-corrected chi connectivity index (χ0v) is 23.0. The Kier molecular flexibility index (Phi) is 19.5. The van der Waals surface area contributed by atoms with Crippen LogP contribution in [0.15, 0.2) is 0 Å².